The molecule has 0 saturated heterocycles. The highest BCUT2D eigenvalue weighted by Crippen LogP contribution is 2.24. The fourth-order valence-electron chi connectivity index (χ4n) is 1.38. The lowest BCUT2D eigenvalue weighted by Crippen LogP contribution is -2.34. The van der Waals surface area contributed by atoms with Gasteiger partial charge in [0.25, 0.3) is 5.91 Å². The molecule has 1 amide bonds. The van der Waals surface area contributed by atoms with Gasteiger partial charge >= 0.3 is 0 Å². The van der Waals surface area contributed by atoms with E-state index in [1.807, 2.05) is 6.92 Å². The van der Waals surface area contributed by atoms with Gasteiger partial charge in [-0.15, -0.1) is 0 Å². The monoisotopic (exact) mass is 189 g/mol. The lowest BCUT2D eigenvalue weighted by atomic mass is 10.1. The Kier molecular flexibility index (Phi) is 1.77. The summed E-state index contributed by atoms with van der Waals surface area (Å²) in [5, 5.41) is 3.02. The molecule has 0 radical (unpaired) electrons. The Labute approximate surface area is 82.3 Å². The van der Waals surface area contributed by atoms with Crippen molar-refractivity contribution < 1.29 is 4.79 Å². The number of nitrogens with one attached hydrogen (secondary N) is 1. The maximum Gasteiger partial charge on any atom is 0.261 e. The SMILES string of the molecule is C=C1Nc2cnc(C)cc2C(=O)N1C. The Bertz CT molecular complexity index is 425. The Morgan fingerprint density at radius 3 is 3.00 bits per heavy atom. The lowest BCUT2D eigenvalue weighted by molar-refractivity contribution is 0.0833. The summed E-state index contributed by atoms with van der Waals surface area (Å²) in [6, 6.07) is 1.77. The molecule has 1 N–H and O–H groups in total. The highest BCUT2D eigenvalue weighted by molar-refractivity contribution is 6.02. The zero-order valence-corrected chi connectivity index (χ0v) is 8.16. The van der Waals surface area contributed by atoms with Gasteiger partial charge < -0.3 is 5.32 Å². The van der Waals surface area contributed by atoms with Crippen molar-refractivity contribution in [2.45, 2.75) is 6.92 Å². The van der Waals surface area contributed by atoms with Gasteiger partial charge in [-0.05, 0) is 13.0 Å². The van der Waals surface area contributed by atoms with E-state index >= 15 is 0 Å². The minimum atomic E-state index is -0.0470. The zero-order valence-electron chi connectivity index (χ0n) is 8.16. The third kappa shape index (κ3) is 1.16. The van der Waals surface area contributed by atoms with Gasteiger partial charge in [-0.1, -0.05) is 6.58 Å². The largest absolute Gasteiger partial charge is 0.340 e. The molecule has 2 heterocycles. The molecule has 0 spiro atoms. The van der Waals surface area contributed by atoms with E-state index in [4.69, 9.17) is 0 Å². The predicted molar refractivity (Wildman–Crippen MR) is 53.8 cm³/mol. The molecular weight excluding hydrogens is 178 g/mol. The topological polar surface area (TPSA) is 45.2 Å². The number of aryl methyl sites for hydroxylation is 1. The van der Waals surface area contributed by atoms with Gasteiger partial charge in [0.15, 0.2) is 0 Å². The minimum Gasteiger partial charge on any atom is -0.340 e. The van der Waals surface area contributed by atoms with Crippen molar-refractivity contribution in [3.8, 4) is 0 Å². The first kappa shape index (κ1) is 8.74. The highest BCUT2D eigenvalue weighted by Gasteiger charge is 2.24. The average molecular weight is 189 g/mol. The van der Waals surface area contributed by atoms with E-state index in [1.54, 1.807) is 19.3 Å². The van der Waals surface area contributed by atoms with E-state index in [9.17, 15) is 4.79 Å². The van der Waals surface area contributed by atoms with Crippen LogP contribution in [0.4, 0.5) is 5.69 Å². The summed E-state index contributed by atoms with van der Waals surface area (Å²) in [6.45, 7) is 5.59. The van der Waals surface area contributed by atoms with Crippen LogP contribution in [-0.4, -0.2) is 22.8 Å². The first-order chi connectivity index (χ1) is 6.59. The molecule has 1 aliphatic rings. The van der Waals surface area contributed by atoms with Crippen LogP contribution in [0.15, 0.2) is 24.7 Å². The van der Waals surface area contributed by atoms with Crippen LogP contribution >= 0.6 is 0 Å². The quantitative estimate of drug-likeness (QED) is 0.670. The molecule has 0 fully saturated rings. The molecule has 72 valence electrons. The average Bonchev–Trinajstić information content (AvgIpc) is 2.16. The van der Waals surface area contributed by atoms with E-state index in [0.717, 1.165) is 11.4 Å². The summed E-state index contributed by atoms with van der Waals surface area (Å²) >= 11 is 0. The second-order valence-corrected chi connectivity index (χ2v) is 3.31. The maximum absolute atomic E-state index is 11.8. The van der Waals surface area contributed by atoms with Gasteiger partial charge in [-0.25, -0.2) is 0 Å². The predicted octanol–water partition coefficient (Wildman–Crippen LogP) is 1.36. The van der Waals surface area contributed by atoms with E-state index in [-0.39, 0.29) is 5.91 Å². The molecular formula is C10H11N3O. The van der Waals surface area contributed by atoms with Crippen LogP contribution in [0.3, 0.4) is 0 Å². The van der Waals surface area contributed by atoms with Gasteiger partial charge in [-0.3, -0.25) is 14.7 Å². The number of aromatic nitrogens is 1. The molecule has 1 aromatic heterocycles. The van der Waals surface area contributed by atoms with Crippen molar-refractivity contribution in [1.29, 1.82) is 0 Å². The van der Waals surface area contributed by atoms with Crippen molar-refractivity contribution in [3.05, 3.63) is 35.9 Å². The molecule has 0 aliphatic carbocycles. The Hall–Kier alpha value is -1.84. The van der Waals surface area contributed by atoms with Gasteiger partial charge in [-0.2, -0.15) is 0 Å². The van der Waals surface area contributed by atoms with Crippen molar-refractivity contribution in [2.24, 2.45) is 0 Å². The highest BCUT2D eigenvalue weighted by atomic mass is 16.2. The number of carbonyl (C=O) groups excluding carboxylic acids is 1. The van der Waals surface area contributed by atoms with Crippen LogP contribution in [0.25, 0.3) is 0 Å². The molecule has 4 heteroatoms. The maximum atomic E-state index is 11.8. The molecule has 0 aromatic carbocycles. The fourth-order valence-corrected chi connectivity index (χ4v) is 1.38. The molecule has 14 heavy (non-hydrogen) atoms. The van der Waals surface area contributed by atoms with Crippen LogP contribution in [0.2, 0.25) is 0 Å². The zero-order chi connectivity index (χ0) is 10.3. The van der Waals surface area contributed by atoms with Crippen LogP contribution in [-0.2, 0) is 0 Å². The Balaban J connectivity index is 2.57. The molecule has 1 aromatic rings. The molecule has 0 unspecified atom stereocenters. The number of pyridine rings is 1. The molecule has 0 atom stereocenters. The normalized spacial score (nSPS) is 15.1. The molecule has 1 aliphatic heterocycles. The number of rotatable bonds is 0. The number of amides is 1. The summed E-state index contributed by atoms with van der Waals surface area (Å²) < 4.78 is 0. The number of carbonyl (C=O) groups is 1. The van der Waals surface area contributed by atoms with Crippen molar-refractivity contribution in [2.75, 3.05) is 12.4 Å². The van der Waals surface area contributed by atoms with E-state index in [2.05, 4.69) is 16.9 Å². The second-order valence-electron chi connectivity index (χ2n) is 3.31. The smallest absolute Gasteiger partial charge is 0.261 e. The fraction of sp³-hybridized carbons (Fsp3) is 0.200. The van der Waals surface area contributed by atoms with Crippen molar-refractivity contribution in [1.82, 2.24) is 9.88 Å². The molecule has 0 bridgehead atoms. The third-order valence-corrected chi connectivity index (χ3v) is 2.26. The summed E-state index contributed by atoms with van der Waals surface area (Å²) in [5.74, 6) is 0.530. The van der Waals surface area contributed by atoms with Crippen LogP contribution in [0.1, 0.15) is 16.1 Å². The Morgan fingerprint density at radius 2 is 2.29 bits per heavy atom. The molecule has 4 nitrogen and oxygen atoms in total. The number of hydrogen-bond donors (Lipinski definition) is 1. The van der Waals surface area contributed by atoms with Crippen LogP contribution < -0.4 is 5.32 Å². The first-order valence-corrected chi connectivity index (χ1v) is 4.30. The van der Waals surface area contributed by atoms with Gasteiger partial charge in [0.05, 0.1) is 17.4 Å². The van der Waals surface area contributed by atoms with Gasteiger partial charge in [0.2, 0.25) is 0 Å². The third-order valence-electron chi connectivity index (χ3n) is 2.26. The number of hydrogen-bond acceptors (Lipinski definition) is 3. The van der Waals surface area contributed by atoms with Crippen molar-refractivity contribution in [3.63, 3.8) is 0 Å². The second kappa shape index (κ2) is 2.83. The number of anilines is 1. The lowest BCUT2D eigenvalue weighted by Gasteiger charge is -2.27. The van der Waals surface area contributed by atoms with Crippen molar-refractivity contribution >= 4 is 11.6 Å². The van der Waals surface area contributed by atoms with E-state index in [0.29, 0.717) is 11.4 Å². The van der Waals surface area contributed by atoms with Gasteiger partial charge in [0, 0.05) is 12.7 Å². The van der Waals surface area contributed by atoms with Crippen LogP contribution in [0.5, 0.6) is 0 Å². The van der Waals surface area contributed by atoms with Crippen LogP contribution in [0, 0.1) is 6.92 Å². The number of fused-ring (bicyclic) bond motifs is 1. The summed E-state index contributed by atoms with van der Waals surface area (Å²) in [6.07, 6.45) is 1.65. The molecule has 0 saturated carbocycles. The van der Waals surface area contributed by atoms with Gasteiger partial charge in [0.1, 0.15) is 5.82 Å². The first-order valence-electron chi connectivity index (χ1n) is 4.30. The minimum absolute atomic E-state index is 0.0470. The number of nitrogens with zero attached hydrogens (tertiary/aromatic N) is 2. The van der Waals surface area contributed by atoms with E-state index < -0.39 is 0 Å². The van der Waals surface area contributed by atoms with E-state index in [1.165, 1.54) is 4.90 Å². The summed E-state index contributed by atoms with van der Waals surface area (Å²) in [4.78, 5) is 17.4. The summed E-state index contributed by atoms with van der Waals surface area (Å²) in [5.41, 5.74) is 2.20. The Morgan fingerprint density at radius 1 is 1.57 bits per heavy atom. The molecule has 2 rings (SSSR count). The summed E-state index contributed by atoms with van der Waals surface area (Å²) in [7, 11) is 1.69. The standard InChI is InChI=1S/C10H11N3O/c1-6-4-8-9(5-11-6)12-7(2)13(3)10(8)14/h4-5,12H,2H2,1,3H3.